The second kappa shape index (κ2) is 4.84. The molecule has 0 atom stereocenters. The molecule has 0 aliphatic heterocycles. The summed E-state index contributed by atoms with van der Waals surface area (Å²) in [6, 6.07) is 6.85. The van der Waals surface area contributed by atoms with Crippen LogP contribution in [0.5, 0.6) is 0 Å². The molecule has 3 heteroatoms. The van der Waals surface area contributed by atoms with Gasteiger partial charge in [0.1, 0.15) is 0 Å². The van der Waals surface area contributed by atoms with Gasteiger partial charge in [-0.05, 0) is 56.5 Å². The molecule has 0 fully saturated rings. The maximum atomic E-state index is 10.9. The van der Waals surface area contributed by atoms with Gasteiger partial charge >= 0.3 is 5.97 Å². The second-order valence-corrected chi connectivity index (χ2v) is 4.80. The molecule has 0 aliphatic rings. The standard InChI is InChI=1S/C16H17NO2/c1-9-10(2)12(4)17-15(11(9)3)13-5-7-14(8-6-13)16(18)19/h5-8H,1-4H3,(H,18,19). The summed E-state index contributed by atoms with van der Waals surface area (Å²) in [4.78, 5) is 15.5. The molecule has 2 aromatic rings. The van der Waals surface area contributed by atoms with E-state index < -0.39 is 5.97 Å². The highest BCUT2D eigenvalue weighted by atomic mass is 16.4. The van der Waals surface area contributed by atoms with E-state index in [0.29, 0.717) is 5.56 Å². The van der Waals surface area contributed by atoms with Crippen molar-refractivity contribution in [1.29, 1.82) is 0 Å². The van der Waals surface area contributed by atoms with E-state index >= 15 is 0 Å². The Labute approximate surface area is 112 Å². The average Bonchev–Trinajstić information content (AvgIpc) is 2.40. The number of aromatic carboxylic acids is 1. The Hall–Kier alpha value is -2.16. The van der Waals surface area contributed by atoms with Gasteiger partial charge in [-0.1, -0.05) is 12.1 Å². The van der Waals surface area contributed by atoms with Crippen LogP contribution in [0.4, 0.5) is 0 Å². The van der Waals surface area contributed by atoms with Crippen LogP contribution in [-0.4, -0.2) is 16.1 Å². The summed E-state index contributed by atoms with van der Waals surface area (Å²) < 4.78 is 0. The van der Waals surface area contributed by atoms with E-state index in [2.05, 4.69) is 25.8 Å². The van der Waals surface area contributed by atoms with E-state index in [1.807, 2.05) is 19.1 Å². The third-order valence-electron chi connectivity index (χ3n) is 3.71. The Morgan fingerprint density at radius 1 is 0.947 bits per heavy atom. The minimum absolute atomic E-state index is 0.293. The van der Waals surface area contributed by atoms with Crippen molar-refractivity contribution < 1.29 is 9.90 Å². The van der Waals surface area contributed by atoms with Crippen LogP contribution in [-0.2, 0) is 0 Å². The molecular weight excluding hydrogens is 238 g/mol. The second-order valence-electron chi connectivity index (χ2n) is 4.80. The van der Waals surface area contributed by atoms with Crippen LogP contribution in [0, 0.1) is 27.7 Å². The molecule has 0 spiro atoms. The number of aryl methyl sites for hydroxylation is 1. The first-order chi connectivity index (χ1) is 8.91. The van der Waals surface area contributed by atoms with E-state index in [1.54, 1.807) is 12.1 Å². The Kier molecular flexibility index (Phi) is 3.38. The maximum Gasteiger partial charge on any atom is 0.335 e. The lowest BCUT2D eigenvalue weighted by molar-refractivity contribution is 0.0697. The average molecular weight is 255 g/mol. The van der Waals surface area contributed by atoms with Crippen molar-refractivity contribution in [3.63, 3.8) is 0 Å². The van der Waals surface area contributed by atoms with Gasteiger partial charge in [0, 0.05) is 11.3 Å². The highest BCUT2D eigenvalue weighted by molar-refractivity contribution is 5.88. The first-order valence-corrected chi connectivity index (χ1v) is 6.20. The molecule has 0 radical (unpaired) electrons. The summed E-state index contributed by atoms with van der Waals surface area (Å²) in [5.41, 5.74) is 6.79. The lowest BCUT2D eigenvalue weighted by Gasteiger charge is -2.13. The summed E-state index contributed by atoms with van der Waals surface area (Å²) in [6.07, 6.45) is 0. The summed E-state index contributed by atoms with van der Waals surface area (Å²) in [6.45, 7) is 8.21. The van der Waals surface area contributed by atoms with Crippen molar-refractivity contribution in [3.8, 4) is 11.3 Å². The van der Waals surface area contributed by atoms with Gasteiger partial charge in [0.15, 0.2) is 0 Å². The molecule has 0 saturated heterocycles. The number of carbonyl (C=O) groups is 1. The van der Waals surface area contributed by atoms with Gasteiger partial charge in [-0.25, -0.2) is 4.79 Å². The number of aromatic nitrogens is 1. The maximum absolute atomic E-state index is 10.9. The molecule has 0 amide bonds. The van der Waals surface area contributed by atoms with Gasteiger partial charge in [0.05, 0.1) is 11.3 Å². The molecule has 19 heavy (non-hydrogen) atoms. The van der Waals surface area contributed by atoms with Crippen molar-refractivity contribution in [3.05, 3.63) is 52.2 Å². The molecule has 3 nitrogen and oxygen atoms in total. The fourth-order valence-electron chi connectivity index (χ4n) is 2.12. The normalized spacial score (nSPS) is 10.5. The topological polar surface area (TPSA) is 50.2 Å². The number of benzene rings is 1. The summed E-state index contributed by atoms with van der Waals surface area (Å²) in [7, 11) is 0. The third kappa shape index (κ3) is 2.36. The molecule has 1 aromatic carbocycles. The van der Waals surface area contributed by atoms with Crippen molar-refractivity contribution in [2.75, 3.05) is 0 Å². The van der Waals surface area contributed by atoms with E-state index in [9.17, 15) is 4.79 Å². The van der Waals surface area contributed by atoms with Gasteiger partial charge in [0.2, 0.25) is 0 Å². The number of hydrogen-bond donors (Lipinski definition) is 1. The molecule has 1 N–H and O–H groups in total. The van der Waals surface area contributed by atoms with E-state index in [1.165, 1.54) is 11.1 Å². The van der Waals surface area contributed by atoms with Crippen molar-refractivity contribution in [2.24, 2.45) is 0 Å². The highest BCUT2D eigenvalue weighted by Crippen LogP contribution is 2.27. The molecule has 0 aliphatic carbocycles. The van der Waals surface area contributed by atoms with Gasteiger partial charge < -0.3 is 5.11 Å². The smallest absolute Gasteiger partial charge is 0.335 e. The number of carboxylic acids is 1. The quantitative estimate of drug-likeness (QED) is 0.890. The molecule has 0 bridgehead atoms. The van der Waals surface area contributed by atoms with Gasteiger partial charge in [-0.15, -0.1) is 0 Å². The number of pyridine rings is 1. The summed E-state index contributed by atoms with van der Waals surface area (Å²) >= 11 is 0. The summed E-state index contributed by atoms with van der Waals surface area (Å²) in [5, 5.41) is 8.91. The Bertz CT molecular complexity index is 643. The van der Waals surface area contributed by atoms with Crippen LogP contribution < -0.4 is 0 Å². The van der Waals surface area contributed by atoms with Crippen molar-refractivity contribution in [2.45, 2.75) is 27.7 Å². The summed E-state index contributed by atoms with van der Waals surface area (Å²) in [5.74, 6) is -0.910. The largest absolute Gasteiger partial charge is 0.478 e. The molecule has 0 saturated carbocycles. The molecule has 1 heterocycles. The van der Waals surface area contributed by atoms with Crippen molar-refractivity contribution >= 4 is 5.97 Å². The fourth-order valence-corrected chi connectivity index (χ4v) is 2.12. The SMILES string of the molecule is Cc1nc(-c2ccc(C(=O)O)cc2)c(C)c(C)c1C. The molecule has 1 aromatic heterocycles. The predicted octanol–water partition coefficient (Wildman–Crippen LogP) is 3.68. The predicted molar refractivity (Wildman–Crippen MR) is 75.6 cm³/mol. The Morgan fingerprint density at radius 3 is 2.05 bits per heavy atom. The van der Waals surface area contributed by atoms with Crippen LogP contribution in [0.1, 0.15) is 32.7 Å². The lowest BCUT2D eigenvalue weighted by Crippen LogP contribution is -2.00. The van der Waals surface area contributed by atoms with Crippen LogP contribution in [0.15, 0.2) is 24.3 Å². The van der Waals surface area contributed by atoms with Gasteiger partial charge in [-0.3, -0.25) is 4.98 Å². The van der Waals surface area contributed by atoms with Crippen molar-refractivity contribution in [1.82, 2.24) is 4.98 Å². The minimum atomic E-state index is -0.910. The first-order valence-electron chi connectivity index (χ1n) is 6.20. The molecule has 2 rings (SSSR count). The number of hydrogen-bond acceptors (Lipinski definition) is 2. The van der Waals surface area contributed by atoms with E-state index in [-0.39, 0.29) is 0 Å². The molecular formula is C16H17NO2. The first kappa shape index (κ1) is 13.3. The minimum Gasteiger partial charge on any atom is -0.478 e. The van der Waals surface area contributed by atoms with Crippen LogP contribution in [0.25, 0.3) is 11.3 Å². The van der Waals surface area contributed by atoms with E-state index in [0.717, 1.165) is 22.5 Å². The Morgan fingerprint density at radius 2 is 1.53 bits per heavy atom. The van der Waals surface area contributed by atoms with E-state index in [4.69, 9.17) is 5.11 Å². The fraction of sp³-hybridized carbons (Fsp3) is 0.250. The molecule has 0 unspecified atom stereocenters. The van der Waals surface area contributed by atoms with Crippen LogP contribution in [0.2, 0.25) is 0 Å². The zero-order valence-electron chi connectivity index (χ0n) is 11.6. The Balaban J connectivity index is 2.56. The molecule has 98 valence electrons. The third-order valence-corrected chi connectivity index (χ3v) is 3.71. The van der Waals surface area contributed by atoms with Crippen LogP contribution in [0.3, 0.4) is 0 Å². The number of carboxylic acid groups (broad SMARTS) is 1. The van der Waals surface area contributed by atoms with Crippen LogP contribution >= 0.6 is 0 Å². The van der Waals surface area contributed by atoms with Gasteiger partial charge in [-0.2, -0.15) is 0 Å². The highest BCUT2D eigenvalue weighted by Gasteiger charge is 2.11. The lowest BCUT2D eigenvalue weighted by atomic mass is 9.97. The number of nitrogens with zero attached hydrogens (tertiary/aromatic N) is 1. The van der Waals surface area contributed by atoms with Gasteiger partial charge in [0.25, 0.3) is 0 Å². The zero-order chi connectivity index (χ0) is 14.2. The number of rotatable bonds is 2. The zero-order valence-corrected chi connectivity index (χ0v) is 11.6. The monoisotopic (exact) mass is 255 g/mol.